The third-order valence-corrected chi connectivity index (χ3v) is 30.7. The van der Waals surface area contributed by atoms with E-state index in [0.717, 1.165) is 145 Å². The first-order valence-corrected chi connectivity index (χ1v) is 50.3. The van der Waals surface area contributed by atoms with Gasteiger partial charge in [-0.2, -0.15) is 0 Å². The van der Waals surface area contributed by atoms with Gasteiger partial charge in [-0.15, -0.1) is 0 Å². The summed E-state index contributed by atoms with van der Waals surface area (Å²) in [6.07, 6.45) is 0. The molecule has 694 valence electrons. The molecule has 0 unspecified atom stereocenters. The van der Waals surface area contributed by atoms with Gasteiger partial charge in [0.1, 0.15) is 0 Å². The Bertz CT molecular complexity index is 8280. The second-order valence-corrected chi connectivity index (χ2v) is 50.9. The lowest BCUT2D eigenvalue weighted by Crippen LogP contribution is -2.61. The number of furan rings is 2. The number of nitrogens with zero attached hydrogens (tertiary/aromatic N) is 5. The van der Waals surface area contributed by atoms with E-state index in [0.29, 0.717) is 0 Å². The van der Waals surface area contributed by atoms with E-state index in [1.54, 1.807) is 0 Å². The van der Waals surface area contributed by atoms with Crippen LogP contribution in [0.5, 0.6) is 0 Å². The Labute approximate surface area is 817 Å². The van der Waals surface area contributed by atoms with Crippen molar-refractivity contribution in [1.29, 1.82) is 0 Å². The average molecular weight is 1810 g/mol. The highest BCUT2D eigenvalue weighted by Gasteiger charge is 2.47. The van der Waals surface area contributed by atoms with Crippen LogP contribution in [0.25, 0.3) is 149 Å². The quantitative estimate of drug-likeness (QED) is 0.149. The molecule has 5 aromatic heterocycles. The molecule has 7 nitrogen and oxygen atoms in total. The zero-order chi connectivity index (χ0) is 97.5. The number of hydrogen-bond donors (Lipinski definition) is 0. The van der Waals surface area contributed by atoms with Crippen molar-refractivity contribution in [3.05, 3.63) is 323 Å². The number of anilines is 6. The second kappa shape index (κ2) is 30.2. The third-order valence-electron chi connectivity index (χ3n) is 30.7. The summed E-state index contributed by atoms with van der Waals surface area (Å²) in [5.41, 5.74) is 39.3. The van der Waals surface area contributed by atoms with Gasteiger partial charge in [-0.05, 0) is 276 Å². The molecule has 0 saturated carbocycles. The molecule has 0 radical (unpaired) electrons. The summed E-state index contributed by atoms with van der Waals surface area (Å²) in [5.74, 6) is 0. The molecule has 22 rings (SSSR count). The molecule has 0 N–H and O–H groups in total. The van der Waals surface area contributed by atoms with Crippen LogP contribution < -0.4 is 26.2 Å². The standard InChI is InChI=1S/C130H134BN5O2/c1-121(2,3)79-44-53-102-94(68-79)95-69-80(122(4,5)6)45-54-103(95)132(102)89-50-51-100-113(74-89)136(112-42-34-38-93-91-36-32-40-110(118(91)138-120(93)112)134-106-57-48-83(125(13,14)15)72-98(106)99-73-84(126(16,17)18)49-58-107(99)134)115-65-78(77-61-87(129(25,26)27)67-88(62-77)130(28,29)30)64-114-116(115)131(100)101-63-75(76-59-85(127(19,20)21)66-86(60-76)128(22,23)24)43-52-108(101)135(114)111-41-33-37-92-90-35-31-39-109(117(90)137-119(92)111)133-104-55-46-81(123(7,8)9)70-96(104)97-71-82(124(10,11)12)47-56-105(97)133/h31-74H,1-30H3. The molecule has 0 spiro atoms. The number of benzene rings is 15. The fraction of sp³-hybridized carbons (Fsp3) is 0.308. The molecule has 2 aliphatic heterocycles. The first-order valence-electron chi connectivity index (χ1n) is 50.3. The van der Waals surface area contributed by atoms with Crippen LogP contribution in [-0.2, 0) is 54.1 Å². The molecule has 7 heterocycles. The van der Waals surface area contributed by atoms with Gasteiger partial charge in [-0.25, -0.2) is 0 Å². The van der Waals surface area contributed by atoms with Crippen LogP contribution in [0, 0.1) is 0 Å². The van der Waals surface area contributed by atoms with Crippen LogP contribution in [0.15, 0.2) is 276 Å². The van der Waals surface area contributed by atoms with Crippen molar-refractivity contribution in [1.82, 2.24) is 13.7 Å². The minimum Gasteiger partial charge on any atom is -0.452 e. The van der Waals surface area contributed by atoms with Crippen molar-refractivity contribution in [3.63, 3.8) is 0 Å². The maximum atomic E-state index is 8.17. The van der Waals surface area contributed by atoms with Gasteiger partial charge in [0.25, 0.3) is 6.71 Å². The lowest BCUT2D eigenvalue weighted by Gasteiger charge is -2.44. The number of aromatic nitrogens is 3. The lowest BCUT2D eigenvalue weighted by atomic mass is 9.33. The number of hydrogen-bond acceptors (Lipinski definition) is 4. The van der Waals surface area contributed by atoms with Gasteiger partial charge in [0, 0.05) is 82.3 Å². The van der Waals surface area contributed by atoms with E-state index in [1.165, 1.54) is 110 Å². The van der Waals surface area contributed by atoms with Gasteiger partial charge in [0.15, 0.2) is 22.3 Å². The van der Waals surface area contributed by atoms with Crippen molar-refractivity contribution >= 4 is 167 Å². The molecule has 0 aliphatic carbocycles. The van der Waals surface area contributed by atoms with E-state index in [9.17, 15) is 0 Å². The fourth-order valence-corrected chi connectivity index (χ4v) is 22.3. The Morgan fingerprint density at radius 2 is 0.457 bits per heavy atom. The Morgan fingerprint density at radius 1 is 0.181 bits per heavy atom. The summed E-state index contributed by atoms with van der Waals surface area (Å²) < 4.78 is 23.8. The van der Waals surface area contributed by atoms with E-state index in [4.69, 9.17) is 8.83 Å². The topological polar surface area (TPSA) is 47.6 Å². The monoisotopic (exact) mass is 1810 g/mol. The molecule has 0 amide bonds. The van der Waals surface area contributed by atoms with Gasteiger partial charge in [-0.1, -0.05) is 347 Å². The zero-order valence-corrected chi connectivity index (χ0v) is 87.0. The van der Waals surface area contributed by atoms with E-state index in [2.05, 4.69) is 498 Å². The highest BCUT2D eigenvalue weighted by Crippen LogP contribution is 2.55. The summed E-state index contributed by atoms with van der Waals surface area (Å²) >= 11 is 0. The van der Waals surface area contributed by atoms with Gasteiger partial charge in [-0.3, -0.25) is 0 Å². The van der Waals surface area contributed by atoms with E-state index in [-0.39, 0.29) is 60.9 Å². The second-order valence-electron chi connectivity index (χ2n) is 50.9. The summed E-state index contributed by atoms with van der Waals surface area (Å²) in [5, 5.41) is 11.6. The van der Waals surface area contributed by atoms with Gasteiger partial charge in [0.2, 0.25) is 0 Å². The molecule has 15 aromatic carbocycles. The van der Waals surface area contributed by atoms with Gasteiger partial charge < -0.3 is 32.3 Å². The van der Waals surface area contributed by atoms with Crippen LogP contribution >= 0.6 is 0 Å². The van der Waals surface area contributed by atoms with Crippen LogP contribution in [0.4, 0.5) is 34.1 Å². The Balaban J connectivity index is 0.882. The smallest absolute Gasteiger partial charge is 0.252 e. The molecule has 0 bridgehead atoms. The summed E-state index contributed by atoms with van der Waals surface area (Å²) in [7, 11) is 0. The third kappa shape index (κ3) is 14.5. The molecule has 138 heavy (non-hydrogen) atoms. The Hall–Kier alpha value is -13.0. The van der Waals surface area contributed by atoms with Crippen molar-refractivity contribution < 1.29 is 8.83 Å². The normalized spacial score (nSPS) is 14.0. The van der Waals surface area contributed by atoms with E-state index in [1.807, 2.05) is 0 Å². The lowest BCUT2D eigenvalue weighted by molar-refractivity contribution is 0.568. The summed E-state index contributed by atoms with van der Waals surface area (Å²) in [6, 6.07) is 106. The average Bonchev–Trinajstić information content (AvgIpc) is 1.12. The highest BCUT2D eigenvalue weighted by atomic mass is 16.3. The minimum absolute atomic E-state index is 0.0714. The number of fused-ring (bicyclic) bond motifs is 19. The predicted molar refractivity (Wildman–Crippen MR) is 596 cm³/mol. The van der Waals surface area contributed by atoms with Crippen LogP contribution in [-0.4, -0.2) is 20.4 Å². The van der Waals surface area contributed by atoms with Crippen molar-refractivity contribution in [2.24, 2.45) is 0 Å². The maximum Gasteiger partial charge on any atom is 0.252 e. The fourth-order valence-electron chi connectivity index (χ4n) is 22.3. The highest BCUT2D eigenvalue weighted by molar-refractivity contribution is 7.00. The zero-order valence-electron chi connectivity index (χ0n) is 87.0. The van der Waals surface area contributed by atoms with E-state index >= 15 is 0 Å². The van der Waals surface area contributed by atoms with Gasteiger partial charge in [0.05, 0.1) is 55.8 Å². The Morgan fingerprint density at radius 3 is 0.768 bits per heavy atom. The molecule has 0 atom stereocenters. The first kappa shape index (κ1) is 90.1. The molecular weight excluding hydrogens is 1670 g/mol. The minimum atomic E-state index is -0.347. The predicted octanol–water partition coefficient (Wildman–Crippen LogP) is 35.2. The van der Waals surface area contributed by atoms with Gasteiger partial charge >= 0.3 is 0 Å². The van der Waals surface area contributed by atoms with Crippen molar-refractivity contribution in [2.75, 3.05) is 9.80 Å². The van der Waals surface area contributed by atoms with Crippen LogP contribution in [0.3, 0.4) is 0 Å². The number of para-hydroxylation sites is 4. The van der Waals surface area contributed by atoms with Crippen molar-refractivity contribution in [3.8, 4) is 39.3 Å². The maximum absolute atomic E-state index is 8.17. The molecule has 0 saturated heterocycles. The SMILES string of the molecule is CC(C)(C)c1cc(-c2ccc3c(c2)B2c4ccc(-n5c6ccc(C(C)(C)C)cc6c6cc(C(C)(C)C)ccc65)cc4N(c4cccc5c4oc4c(-n6c7ccc(C(C)(C)C)cc7c7cc(C(C)(C)C)ccc76)cccc45)c4cc(-c5cc(C(C)(C)C)cc(C(C)(C)C)c5)cc(c42)N3c2cccc3c2oc2c(-n4c5ccc(C(C)(C)C)cc5c5cc(C(C)(C)C)ccc54)cccc23)cc(C(C)(C)C)c1. The molecule has 8 heteroatoms. The van der Waals surface area contributed by atoms with Crippen molar-refractivity contribution in [2.45, 2.75) is 262 Å². The van der Waals surface area contributed by atoms with Crippen LogP contribution in [0.2, 0.25) is 0 Å². The summed E-state index contributed by atoms with van der Waals surface area (Å²) in [6.45, 7) is 70.0. The molecule has 0 fully saturated rings. The first-order chi connectivity index (χ1) is 64.7. The van der Waals surface area contributed by atoms with Crippen LogP contribution in [0.1, 0.15) is 263 Å². The molecule has 20 aromatic rings. The summed E-state index contributed by atoms with van der Waals surface area (Å²) in [4.78, 5) is 5.27. The Kier molecular flexibility index (Phi) is 19.8. The van der Waals surface area contributed by atoms with E-state index < -0.39 is 0 Å². The number of rotatable bonds is 7. The largest absolute Gasteiger partial charge is 0.452 e. The molecule has 2 aliphatic rings. The molecular formula is C130H134BN5O2.